The Hall–Kier alpha value is -8.15. The highest BCUT2D eigenvalue weighted by molar-refractivity contribution is 6.23. The Balaban J connectivity index is 1.09. The van der Waals surface area contributed by atoms with Crippen molar-refractivity contribution in [3.05, 3.63) is 218 Å². The molecule has 0 saturated carbocycles. The maximum atomic E-state index is 5.14. The molecule has 0 aliphatic heterocycles. The minimum absolute atomic E-state index is 0.624. The lowest BCUT2D eigenvalue weighted by molar-refractivity contribution is 1.05. The van der Waals surface area contributed by atoms with Crippen molar-refractivity contribution in [1.29, 1.82) is 0 Å². The van der Waals surface area contributed by atoms with Gasteiger partial charge in [0.1, 0.15) is 0 Å². The molecule has 0 saturated heterocycles. The molecule has 11 rings (SSSR count). The van der Waals surface area contributed by atoms with Gasteiger partial charge in [0.25, 0.3) is 0 Å². The molecule has 0 fully saturated rings. The second-order valence-corrected chi connectivity index (χ2v) is 15.3. The zero-order valence-electron chi connectivity index (χ0n) is 33.6. The molecule has 0 aliphatic rings. The molecule has 5 heteroatoms. The molecule has 0 unspecified atom stereocenters. The summed E-state index contributed by atoms with van der Waals surface area (Å²) >= 11 is 0. The van der Waals surface area contributed by atoms with Gasteiger partial charge in [0.15, 0.2) is 17.5 Å². The number of fused-ring (bicyclic) bond motifs is 6. The third kappa shape index (κ3) is 6.23. The van der Waals surface area contributed by atoms with Crippen LogP contribution in [0.1, 0.15) is 11.3 Å². The number of hydrogen-bond acceptors (Lipinski definition) is 3. The summed E-state index contributed by atoms with van der Waals surface area (Å²) in [6.45, 7) is 6.21. The van der Waals surface area contributed by atoms with Crippen LogP contribution in [0.2, 0.25) is 0 Å². The summed E-state index contributed by atoms with van der Waals surface area (Å²) < 4.78 is 4.78. The number of allylic oxidation sites excluding steroid dienone is 2. The lowest BCUT2D eigenvalue weighted by Crippen LogP contribution is -2.00. The zero-order chi connectivity index (χ0) is 40.9. The van der Waals surface area contributed by atoms with Gasteiger partial charge in [0, 0.05) is 55.5 Å². The van der Waals surface area contributed by atoms with Crippen molar-refractivity contribution in [3.8, 4) is 56.7 Å². The molecule has 0 N–H and O–H groups in total. The normalized spacial score (nSPS) is 11.7. The standard InChI is InChI=1S/C56H39N5/c1-3-4-25-47-37(2)60(45-23-12-7-13-24-45)50-32-33-51-53(52(47)50)48-26-14-15-27-49(48)61(51)46-31-30-39-28-29-43(35-44(39)36-46)56-58-54(40-19-10-6-11-20-40)57-55(59-56)42-22-16-21-41(34-42)38-17-8-5-9-18-38/h3-36H,1H2,2H3/b25-4-. The van der Waals surface area contributed by atoms with Gasteiger partial charge in [-0.1, -0.05) is 158 Å². The Labute approximate surface area is 353 Å². The molecule has 0 aliphatic carbocycles. The number of benzene rings is 8. The van der Waals surface area contributed by atoms with E-state index in [1.54, 1.807) is 0 Å². The molecule has 3 aromatic heterocycles. The Morgan fingerprint density at radius 2 is 1.02 bits per heavy atom. The highest BCUT2D eigenvalue weighted by Crippen LogP contribution is 2.42. The number of hydrogen-bond donors (Lipinski definition) is 0. The summed E-state index contributed by atoms with van der Waals surface area (Å²) in [5, 5.41) is 5.89. The van der Waals surface area contributed by atoms with Crippen LogP contribution in [0, 0.1) is 6.92 Å². The van der Waals surface area contributed by atoms with Crippen molar-refractivity contribution in [2.24, 2.45) is 0 Å². The summed E-state index contributed by atoms with van der Waals surface area (Å²) in [6, 6.07) is 66.1. The first-order valence-electron chi connectivity index (χ1n) is 20.6. The van der Waals surface area contributed by atoms with E-state index in [-0.39, 0.29) is 0 Å². The van der Waals surface area contributed by atoms with Crippen molar-refractivity contribution in [1.82, 2.24) is 24.1 Å². The van der Waals surface area contributed by atoms with Crippen LogP contribution >= 0.6 is 0 Å². The molecule has 3 heterocycles. The summed E-state index contributed by atoms with van der Waals surface area (Å²) in [7, 11) is 0. The average Bonchev–Trinajstić information content (AvgIpc) is 3.82. The third-order valence-corrected chi connectivity index (χ3v) is 11.7. The lowest BCUT2D eigenvalue weighted by Gasteiger charge is -2.12. The fourth-order valence-corrected chi connectivity index (χ4v) is 8.88. The second-order valence-electron chi connectivity index (χ2n) is 15.3. The maximum Gasteiger partial charge on any atom is 0.164 e. The molecule has 0 atom stereocenters. The minimum Gasteiger partial charge on any atom is -0.313 e. The van der Waals surface area contributed by atoms with E-state index < -0.39 is 0 Å². The van der Waals surface area contributed by atoms with Crippen molar-refractivity contribution in [3.63, 3.8) is 0 Å². The van der Waals surface area contributed by atoms with Crippen LogP contribution in [0.3, 0.4) is 0 Å². The molecular weight excluding hydrogens is 743 g/mol. The number of para-hydroxylation sites is 2. The van der Waals surface area contributed by atoms with Crippen molar-refractivity contribution >= 4 is 49.6 Å². The Morgan fingerprint density at radius 1 is 0.426 bits per heavy atom. The maximum absolute atomic E-state index is 5.14. The van der Waals surface area contributed by atoms with E-state index in [0.29, 0.717) is 17.5 Å². The average molecular weight is 782 g/mol. The smallest absolute Gasteiger partial charge is 0.164 e. The molecule has 0 amide bonds. The Morgan fingerprint density at radius 3 is 1.75 bits per heavy atom. The SMILES string of the molecule is C=C/C=C\c1c(C)n(-c2ccccc2)c2ccc3c(c4ccccc4n3-c3ccc4ccc(-c5nc(-c6ccccc6)nc(-c6cccc(-c7ccccc7)c6)n5)cc4c3)c12. The topological polar surface area (TPSA) is 48.5 Å². The van der Waals surface area contributed by atoms with Gasteiger partial charge in [0.05, 0.1) is 16.6 Å². The fourth-order valence-electron chi connectivity index (χ4n) is 8.88. The predicted octanol–water partition coefficient (Wildman–Crippen LogP) is 14.2. The van der Waals surface area contributed by atoms with Crippen LogP contribution in [0.15, 0.2) is 207 Å². The van der Waals surface area contributed by atoms with Crippen molar-refractivity contribution in [2.45, 2.75) is 6.92 Å². The fraction of sp³-hybridized carbons (Fsp3) is 0.0179. The van der Waals surface area contributed by atoms with Crippen molar-refractivity contribution < 1.29 is 0 Å². The van der Waals surface area contributed by atoms with Crippen LogP contribution in [0.5, 0.6) is 0 Å². The summed E-state index contributed by atoms with van der Waals surface area (Å²) in [5.41, 5.74) is 13.1. The summed E-state index contributed by atoms with van der Waals surface area (Å²) in [5.74, 6) is 1.89. The van der Waals surface area contributed by atoms with Gasteiger partial charge < -0.3 is 9.13 Å². The van der Waals surface area contributed by atoms with E-state index in [2.05, 4.69) is 180 Å². The molecular formula is C56H39N5. The van der Waals surface area contributed by atoms with Crippen molar-refractivity contribution in [2.75, 3.05) is 0 Å². The van der Waals surface area contributed by atoms with Crippen LogP contribution in [-0.2, 0) is 0 Å². The van der Waals surface area contributed by atoms with Gasteiger partial charge in [-0.05, 0) is 83.4 Å². The molecule has 288 valence electrons. The molecule has 0 bridgehead atoms. The predicted molar refractivity (Wildman–Crippen MR) is 254 cm³/mol. The molecule has 61 heavy (non-hydrogen) atoms. The second kappa shape index (κ2) is 14.9. The zero-order valence-corrected chi connectivity index (χ0v) is 33.6. The van der Waals surface area contributed by atoms with E-state index >= 15 is 0 Å². The van der Waals surface area contributed by atoms with Gasteiger partial charge >= 0.3 is 0 Å². The largest absolute Gasteiger partial charge is 0.313 e. The van der Waals surface area contributed by atoms with E-state index in [1.165, 1.54) is 32.9 Å². The number of aromatic nitrogens is 5. The first-order chi connectivity index (χ1) is 30.1. The van der Waals surface area contributed by atoms with Gasteiger partial charge in [0.2, 0.25) is 0 Å². The monoisotopic (exact) mass is 781 g/mol. The first-order valence-corrected chi connectivity index (χ1v) is 20.6. The molecule has 11 aromatic rings. The lowest BCUT2D eigenvalue weighted by atomic mass is 10.0. The van der Waals surface area contributed by atoms with E-state index in [0.717, 1.165) is 61.0 Å². The van der Waals surface area contributed by atoms with E-state index in [4.69, 9.17) is 15.0 Å². The van der Waals surface area contributed by atoms with Gasteiger partial charge in [-0.3, -0.25) is 0 Å². The van der Waals surface area contributed by atoms with Crippen LogP contribution in [0.25, 0.3) is 106 Å². The van der Waals surface area contributed by atoms with Crippen LogP contribution in [0.4, 0.5) is 0 Å². The Bertz CT molecular complexity index is 3490. The van der Waals surface area contributed by atoms with E-state index in [9.17, 15) is 0 Å². The van der Waals surface area contributed by atoms with Gasteiger partial charge in [-0.25, -0.2) is 15.0 Å². The highest BCUT2D eigenvalue weighted by Gasteiger charge is 2.22. The highest BCUT2D eigenvalue weighted by atomic mass is 15.0. The summed E-state index contributed by atoms with van der Waals surface area (Å²) in [6.07, 6.45) is 6.08. The minimum atomic E-state index is 0.624. The molecule has 8 aromatic carbocycles. The molecule has 0 radical (unpaired) electrons. The van der Waals surface area contributed by atoms with Gasteiger partial charge in [-0.15, -0.1) is 0 Å². The number of nitrogens with zero attached hydrogens (tertiary/aromatic N) is 5. The van der Waals surface area contributed by atoms with E-state index in [1.807, 2.05) is 48.6 Å². The van der Waals surface area contributed by atoms with Crippen LogP contribution in [-0.4, -0.2) is 24.1 Å². The molecule has 0 spiro atoms. The Kier molecular flexibility index (Phi) is 8.79. The summed E-state index contributed by atoms with van der Waals surface area (Å²) in [4.78, 5) is 15.3. The van der Waals surface area contributed by atoms with Gasteiger partial charge in [-0.2, -0.15) is 0 Å². The quantitative estimate of drug-likeness (QED) is 0.144. The molecule has 5 nitrogen and oxygen atoms in total. The van der Waals surface area contributed by atoms with Crippen LogP contribution < -0.4 is 0 Å². The number of rotatable bonds is 8. The third-order valence-electron chi connectivity index (χ3n) is 11.7. The first kappa shape index (κ1) is 36.0.